The lowest BCUT2D eigenvalue weighted by Crippen LogP contribution is -1.81. The second-order valence-corrected chi connectivity index (χ2v) is 3.00. The third-order valence-corrected chi connectivity index (χ3v) is 2.19. The Morgan fingerprint density at radius 1 is 1.50 bits per heavy atom. The van der Waals surface area contributed by atoms with Crippen LogP contribution in [0.25, 0.3) is 5.76 Å². The topological polar surface area (TPSA) is 9.23 Å². The average molecular weight is 152 g/mol. The molecule has 52 valence electrons. The van der Waals surface area contributed by atoms with E-state index in [1.54, 1.807) is 11.3 Å². The number of thiophene rings is 1. The van der Waals surface area contributed by atoms with Crippen molar-refractivity contribution in [1.29, 1.82) is 0 Å². The van der Waals surface area contributed by atoms with Gasteiger partial charge >= 0.3 is 0 Å². The van der Waals surface area contributed by atoms with E-state index in [2.05, 4.69) is 22.9 Å². The third kappa shape index (κ3) is 0.948. The van der Waals surface area contributed by atoms with E-state index in [0.717, 1.165) is 18.8 Å². The molecule has 2 rings (SSSR count). The first kappa shape index (κ1) is 5.98. The monoisotopic (exact) mass is 152 g/mol. The van der Waals surface area contributed by atoms with Gasteiger partial charge in [0.1, 0.15) is 5.76 Å². The molecule has 1 aromatic heterocycles. The molecular formula is C8H8OS. The molecule has 0 saturated heterocycles. The van der Waals surface area contributed by atoms with Crippen LogP contribution < -0.4 is 0 Å². The highest BCUT2D eigenvalue weighted by Crippen LogP contribution is 2.23. The summed E-state index contributed by atoms with van der Waals surface area (Å²) in [5.41, 5.74) is 1.22. The van der Waals surface area contributed by atoms with Crippen molar-refractivity contribution < 1.29 is 4.74 Å². The molecule has 1 aliphatic heterocycles. The fourth-order valence-corrected chi connectivity index (χ4v) is 1.67. The molecule has 2 heteroatoms. The van der Waals surface area contributed by atoms with Crippen molar-refractivity contribution in [1.82, 2.24) is 0 Å². The van der Waals surface area contributed by atoms with Crippen molar-refractivity contribution in [2.45, 2.75) is 6.42 Å². The van der Waals surface area contributed by atoms with E-state index < -0.39 is 0 Å². The summed E-state index contributed by atoms with van der Waals surface area (Å²) in [6.45, 7) is 0.852. The zero-order valence-electron chi connectivity index (χ0n) is 5.54. The van der Waals surface area contributed by atoms with Gasteiger partial charge in [-0.25, -0.2) is 0 Å². The quantitative estimate of drug-likeness (QED) is 0.600. The van der Waals surface area contributed by atoms with Crippen molar-refractivity contribution in [3.05, 3.63) is 28.5 Å². The molecule has 1 aliphatic rings. The molecule has 0 fully saturated rings. The fourth-order valence-electron chi connectivity index (χ4n) is 1.02. The first-order valence-electron chi connectivity index (χ1n) is 3.32. The summed E-state index contributed by atoms with van der Waals surface area (Å²) < 4.78 is 5.37. The van der Waals surface area contributed by atoms with Crippen LogP contribution in [0.15, 0.2) is 22.9 Å². The molecule has 0 amide bonds. The SMILES string of the molecule is C1=C(c2ccsc2)OCC1. The molecule has 0 saturated carbocycles. The van der Waals surface area contributed by atoms with Gasteiger partial charge in [0.25, 0.3) is 0 Å². The summed E-state index contributed by atoms with van der Waals surface area (Å²) in [6.07, 6.45) is 3.20. The van der Waals surface area contributed by atoms with E-state index >= 15 is 0 Å². The lowest BCUT2D eigenvalue weighted by Gasteiger charge is -1.97. The first-order chi connectivity index (χ1) is 4.97. The van der Waals surface area contributed by atoms with Gasteiger partial charge in [0.15, 0.2) is 0 Å². The van der Waals surface area contributed by atoms with Gasteiger partial charge in [-0.2, -0.15) is 11.3 Å². The summed E-state index contributed by atoms with van der Waals surface area (Å²) in [5.74, 6) is 1.06. The lowest BCUT2D eigenvalue weighted by molar-refractivity contribution is 0.307. The van der Waals surface area contributed by atoms with E-state index in [1.807, 2.05) is 0 Å². The van der Waals surface area contributed by atoms with Crippen LogP contribution in [0.3, 0.4) is 0 Å². The van der Waals surface area contributed by atoms with Crippen molar-refractivity contribution in [3.8, 4) is 0 Å². The molecule has 0 aromatic carbocycles. The molecule has 0 bridgehead atoms. The maximum atomic E-state index is 5.37. The highest BCUT2D eigenvalue weighted by atomic mass is 32.1. The molecule has 0 atom stereocenters. The molecule has 0 radical (unpaired) electrons. The smallest absolute Gasteiger partial charge is 0.123 e. The predicted molar refractivity (Wildman–Crippen MR) is 42.9 cm³/mol. The summed E-state index contributed by atoms with van der Waals surface area (Å²) in [5, 5.41) is 4.18. The van der Waals surface area contributed by atoms with Crippen LogP contribution >= 0.6 is 11.3 Å². The van der Waals surface area contributed by atoms with Gasteiger partial charge in [0.05, 0.1) is 6.61 Å². The zero-order valence-corrected chi connectivity index (χ0v) is 6.36. The second-order valence-electron chi connectivity index (χ2n) is 2.22. The van der Waals surface area contributed by atoms with Gasteiger partial charge < -0.3 is 4.74 Å². The van der Waals surface area contributed by atoms with Gasteiger partial charge in [-0.05, 0) is 17.5 Å². The van der Waals surface area contributed by atoms with E-state index in [9.17, 15) is 0 Å². The maximum absolute atomic E-state index is 5.37. The summed E-state index contributed by atoms with van der Waals surface area (Å²) in [7, 11) is 0. The Hall–Kier alpha value is -0.760. The van der Waals surface area contributed by atoms with Gasteiger partial charge in [-0.3, -0.25) is 0 Å². The van der Waals surface area contributed by atoms with Crippen molar-refractivity contribution in [3.63, 3.8) is 0 Å². The standard InChI is InChI=1S/C8H8OS/c1-2-8(9-4-1)7-3-5-10-6-7/h2-3,5-6H,1,4H2. The van der Waals surface area contributed by atoms with Crippen LogP contribution in [0.1, 0.15) is 12.0 Å². The third-order valence-electron chi connectivity index (χ3n) is 1.51. The second kappa shape index (κ2) is 2.46. The van der Waals surface area contributed by atoms with Crippen LogP contribution in [0.4, 0.5) is 0 Å². The van der Waals surface area contributed by atoms with Crippen LogP contribution in [0.2, 0.25) is 0 Å². The molecule has 1 nitrogen and oxygen atoms in total. The minimum absolute atomic E-state index is 0.852. The summed E-state index contributed by atoms with van der Waals surface area (Å²) in [6, 6.07) is 2.09. The van der Waals surface area contributed by atoms with Gasteiger partial charge in [-0.15, -0.1) is 0 Å². The minimum atomic E-state index is 0.852. The molecule has 10 heavy (non-hydrogen) atoms. The largest absolute Gasteiger partial charge is 0.493 e. The molecule has 0 aliphatic carbocycles. The molecular weight excluding hydrogens is 144 g/mol. The zero-order chi connectivity index (χ0) is 6.81. The van der Waals surface area contributed by atoms with Crippen LogP contribution in [0, 0.1) is 0 Å². The molecule has 1 aromatic rings. The maximum Gasteiger partial charge on any atom is 0.123 e. The van der Waals surface area contributed by atoms with E-state index in [-0.39, 0.29) is 0 Å². The van der Waals surface area contributed by atoms with Gasteiger partial charge in [0, 0.05) is 17.4 Å². The van der Waals surface area contributed by atoms with Gasteiger partial charge in [0.2, 0.25) is 0 Å². The Morgan fingerprint density at radius 2 is 2.50 bits per heavy atom. The Bertz CT molecular complexity index is 236. The summed E-state index contributed by atoms with van der Waals surface area (Å²) >= 11 is 1.71. The molecule has 0 N–H and O–H groups in total. The Labute approximate surface area is 63.9 Å². The Balaban J connectivity index is 2.28. The Morgan fingerprint density at radius 3 is 3.10 bits per heavy atom. The fraction of sp³-hybridized carbons (Fsp3) is 0.250. The lowest BCUT2D eigenvalue weighted by atomic mass is 10.3. The number of hydrogen-bond donors (Lipinski definition) is 0. The molecule has 2 heterocycles. The highest BCUT2D eigenvalue weighted by molar-refractivity contribution is 7.08. The average Bonchev–Trinajstić information content (AvgIpc) is 2.59. The van der Waals surface area contributed by atoms with Gasteiger partial charge in [-0.1, -0.05) is 0 Å². The number of ether oxygens (including phenoxy) is 1. The van der Waals surface area contributed by atoms with Crippen LogP contribution in [-0.2, 0) is 4.74 Å². The minimum Gasteiger partial charge on any atom is -0.493 e. The van der Waals surface area contributed by atoms with E-state index in [1.165, 1.54) is 5.56 Å². The molecule has 0 spiro atoms. The Kier molecular flexibility index (Phi) is 1.47. The van der Waals surface area contributed by atoms with Crippen molar-refractivity contribution in [2.75, 3.05) is 6.61 Å². The predicted octanol–water partition coefficient (Wildman–Crippen LogP) is 2.51. The van der Waals surface area contributed by atoms with Crippen LogP contribution in [-0.4, -0.2) is 6.61 Å². The van der Waals surface area contributed by atoms with Crippen molar-refractivity contribution in [2.24, 2.45) is 0 Å². The van der Waals surface area contributed by atoms with Crippen molar-refractivity contribution >= 4 is 17.1 Å². The first-order valence-corrected chi connectivity index (χ1v) is 4.26. The highest BCUT2D eigenvalue weighted by Gasteiger charge is 2.06. The number of rotatable bonds is 1. The summed E-state index contributed by atoms with van der Waals surface area (Å²) in [4.78, 5) is 0. The normalized spacial score (nSPS) is 16.6. The number of hydrogen-bond acceptors (Lipinski definition) is 2. The van der Waals surface area contributed by atoms with E-state index in [4.69, 9.17) is 4.74 Å². The van der Waals surface area contributed by atoms with Crippen LogP contribution in [0.5, 0.6) is 0 Å². The molecule has 0 unspecified atom stereocenters. The van der Waals surface area contributed by atoms with E-state index in [0.29, 0.717) is 0 Å².